The molecule has 1 aromatic heterocycles. The lowest BCUT2D eigenvalue weighted by Gasteiger charge is -2.03. The molecule has 0 saturated carbocycles. The Morgan fingerprint density at radius 3 is 2.69 bits per heavy atom. The fourth-order valence-corrected chi connectivity index (χ4v) is 1.15. The molecular formula is C8H5ClF2N2. The topological polar surface area (TPSA) is 36.7 Å². The maximum Gasteiger partial charge on any atom is 0.281 e. The maximum absolute atomic E-state index is 12.2. The molecular weight excluding hydrogens is 198 g/mol. The third kappa shape index (κ3) is 1.93. The van der Waals surface area contributed by atoms with Gasteiger partial charge in [0.1, 0.15) is 17.5 Å². The number of hydrogen-bond acceptors (Lipinski definition) is 2. The van der Waals surface area contributed by atoms with Crippen molar-refractivity contribution >= 4 is 11.6 Å². The van der Waals surface area contributed by atoms with E-state index >= 15 is 0 Å². The number of aromatic nitrogens is 1. The van der Waals surface area contributed by atoms with Crippen LogP contribution in [0.3, 0.4) is 0 Å². The van der Waals surface area contributed by atoms with E-state index in [0.717, 1.165) is 0 Å². The smallest absolute Gasteiger partial charge is 0.234 e. The van der Waals surface area contributed by atoms with Gasteiger partial charge in [-0.3, -0.25) is 0 Å². The molecule has 68 valence electrons. The first kappa shape index (κ1) is 9.87. The Labute approximate surface area is 78.8 Å². The van der Waals surface area contributed by atoms with E-state index in [0.29, 0.717) is 5.56 Å². The Bertz CT molecular complexity index is 371. The first-order valence-electron chi connectivity index (χ1n) is 3.41. The third-order valence-corrected chi connectivity index (χ3v) is 1.81. The Balaban J connectivity index is 3.33. The Kier molecular flexibility index (Phi) is 2.79. The minimum absolute atomic E-state index is 0.0142. The van der Waals surface area contributed by atoms with Crippen LogP contribution in [-0.4, -0.2) is 4.98 Å². The average molecular weight is 203 g/mol. The molecule has 1 aromatic rings. The van der Waals surface area contributed by atoms with Crippen LogP contribution in [0.15, 0.2) is 6.07 Å². The second-order valence-corrected chi connectivity index (χ2v) is 2.84. The zero-order valence-corrected chi connectivity index (χ0v) is 7.44. The summed E-state index contributed by atoms with van der Waals surface area (Å²) in [4.78, 5) is 3.45. The van der Waals surface area contributed by atoms with E-state index < -0.39 is 12.1 Å². The first-order valence-corrected chi connectivity index (χ1v) is 3.79. The van der Waals surface area contributed by atoms with Gasteiger partial charge in [-0.2, -0.15) is 5.26 Å². The third-order valence-electron chi connectivity index (χ3n) is 1.51. The van der Waals surface area contributed by atoms with Crippen molar-refractivity contribution < 1.29 is 8.78 Å². The summed E-state index contributed by atoms with van der Waals surface area (Å²) >= 11 is 5.50. The van der Waals surface area contributed by atoms with Gasteiger partial charge in [0.15, 0.2) is 0 Å². The van der Waals surface area contributed by atoms with Crippen molar-refractivity contribution in [1.82, 2.24) is 4.98 Å². The maximum atomic E-state index is 12.2. The highest BCUT2D eigenvalue weighted by molar-refractivity contribution is 6.31. The summed E-state index contributed by atoms with van der Waals surface area (Å²) in [6.07, 6.45) is -2.75. The van der Waals surface area contributed by atoms with Crippen molar-refractivity contribution in [2.75, 3.05) is 0 Å². The van der Waals surface area contributed by atoms with Gasteiger partial charge in [-0.1, -0.05) is 11.6 Å². The number of nitrogens with zero attached hydrogens (tertiary/aromatic N) is 2. The molecule has 0 aliphatic rings. The molecule has 0 unspecified atom stereocenters. The van der Waals surface area contributed by atoms with E-state index in [2.05, 4.69) is 4.98 Å². The number of hydrogen-bond donors (Lipinski definition) is 0. The molecule has 0 saturated heterocycles. The highest BCUT2D eigenvalue weighted by Gasteiger charge is 2.15. The molecule has 0 amide bonds. The van der Waals surface area contributed by atoms with Crippen LogP contribution in [0.5, 0.6) is 0 Å². The highest BCUT2D eigenvalue weighted by atomic mass is 35.5. The number of pyridine rings is 1. The standard InChI is InChI=1S/C8H5ClF2N2/c1-4-2-5(9)7(8(10)11)13-6(4)3-12/h2,8H,1H3. The average Bonchev–Trinajstić information content (AvgIpc) is 2.03. The Morgan fingerprint density at radius 2 is 2.23 bits per heavy atom. The lowest BCUT2D eigenvalue weighted by atomic mass is 10.2. The van der Waals surface area contributed by atoms with Crippen molar-refractivity contribution in [3.63, 3.8) is 0 Å². The summed E-state index contributed by atoms with van der Waals surface area (Å²) in [7, 11) is 0. The molecule has 0 fully saturated rings. The van der Waals surface area contributed by atoms with Crippen LogP contribution in [0.2, 0.25) is 5.02 Å². The van der Waals surface area contributed by atoms with E-state index in [1.54, 1.807) is 13.0 Å². The van der Waals surface area contributed by atoms with Crippen molar-refractivity contribution in [2.45, 2.75) is 13.3 Å². The van der Waals surface area contributed by atoms with Crippen LogP contribution in [-0.2, 0) is 0 Å². The van der Waals surface area contributed by atoms with Crippen molar-refractivity contribution in [3.05, 3.63) is 28.0 Å². The van der Waals surface area contributed by atoms with E-state index in [-0.39, 0.29) is 10.7 Å². The zero-order valence-electron chi connectivity index (χ0n) is 6.68. The predicted octanol–water partition coefficient (Wildman–Crippen LogP) is 2.85. The molecule has 5 heteroatoms. The summed E-state index contributed by atoms with van der Waals surface area (Å²) in [5.41, 5.74) is -0.0552. The van der Waals surface area contributed by atoms with Crippen LogP contribution < -0.4 is 0 Å². The number of nitriles is 1. The number of aryl methyl sites for hydroxylation is 1. The SMILES string of the molecule is Cc1cc(Cl)c(C(F)F)nc1C#N. The molecule has 1 rings (SSSR count). The van der Waals surface area contributed by atoms with E-state index in [9.17, 15) is 8.78 Å². The van der Waals surface area contributed by atoms with Gasteiger partial charge in [0.25, 0.3) is 6.43 Å². The van der Waals surface area contributed by atoms with Crippen LogP contribution >= 0.6 is 11.6 Å². The number of rotatable bonds is 1. The highest BCUT2D eigenvalue weighted by Crippen LogP contribution is 2.26. The van der Waals surface area contributed by atoms with Crippen LogP contribution in [0.1, 0.15) is 23.4 Å². The van der Waals surface area contributed by atoms with Crippen LogP contribution in [0.4, 0.5) is 8.78 Å². The van der Waals surface area contributed by atoms with Crippen molar-refractivity contribution in [2.24, 2.45) is 0 Å². The van der Waals surface area contributed by atoms with Crippen LogP contribution in [0, 0.1) is 18.3 Å². The minimum Gasteiger partial charge on any atom is -0.234 e. The predicted molar refractivity (Wildman–Crippen MR) is 43.7 cm³/mol. The molecule has 0 aliphatic heterocycles. The Hall–Kier alpha value is -1.21. The molecule has 0 N–H and O–H groups in total. The fraction of sp³-hybridized carbons (Fsp3) is 0.250. The van der Waals surface area contributed by atoms with E-state index in [1.807, 2.05) is 0 Å². The molecule has 0 radical (unpaired) electrons. The molecule has 0 atom stereocenters. The largest absolute Gasteiger partial charge is 0.281 e. The summed E-state index contributed by atoms with van der Waals surface area (Å²) in [5.74, 6) is 0. The second-order valence-electron chi connectivity index (χ2n) is 2.43. The van der Waals surface area contributed by atoms with Gasteiger partial charge < -0.3 is 0 Å². The van der Waals surface area contributed by atoms with Gasteiger partial charge in [0, 0.05) is 0 Å². The minimum atomic E-state index is -2.75. The normalized spacial score (nSPS) is 10.2. The van der Waals surface area contributed by atoms with Gasteiger partial charge >= 0.3 is 0 Å². The molecule has 0 spiro atoms. The summed E-state index contributed by atoms with van der Waals surface area (Å²) in [6.45, 7) is 1.59. The lowest BCUT2D eigenvalue weighted by molar-refractivity contribution is 0.146. The molecule has 13 heavy (non-hydrogen) atoms. The first-order chi connectivity index (χ1) is 6.06. The summed E-state index contributed by atoms with van der Waals surface area (Å²) in [5, 5.41) is 8.41. The van der Waals surface area contributed by atoms with Gasteiger partial charge in [-0.25, -0.2) is 13.8 Å². The van der Waals surface area contributed by atoms with Crippen molar-refractivity contribution in [3.8, 4) is 6.07 Å². The van der Waals surface area contributed by atoms with Crippen LogP contribution in [0.25, 0.3) is 0 Å². The second kappa shape index (κ2) is 3.67. The summed E-state index contributed by atoms with van der Waals surface area (Å²) in [6, 6.07) is 3.03. The fourth-order valence-electron chi connectivity index (χ4n) is 0.861. The van der Waals surface area contributed by atoms with Gasteiger partial charge in [-0.15, -0.1) is 0 Å². The number of alkyl halides is 2. The summed E-state index contributed by atoms with van der Waals surface area (Å²) < 4.78 is 24.4. The quantitative estimate of drug-likeness (QED) is 0.702. The molecule has 0 aliphatic carbocycles. The molecule has 1 heterocycles. The van der Waals surface area contributed by atoms with Gasteiger partial charge in [0.2, 0.25) is 0 Å². The lowest BCUT2D eigenvalue weighted by Crippen LogP contribution is -1.97. The van der Waals surface area contributed by atoms with Crippen molar-refractivity contribution in [1.29, 1.82) is 5.26 Å². The molecule has 0 aromatic carbocycles. The molecule has 2 nitrogen and oxygen atoms in total. The molecule has 0 bridgehead atoms. The monoisotopic (exact) mass is 202 g/mol. The van der Waals surface area contributed by atoms with Gasteiger partial charge in [-0.05, 0) is 18.6 Å². The number of halogens is 3. The van der Waals surface area contributed by atoms with E-state index in [1.165, 1.54) is 6.07 Å². The Morgan fingerprint density at radius 1 is 1.62 bits per heavy atom. The van der Waals surface area contributed by atoms with Gasteiger partial charge in [0.05, 0.1) is 5.02 Å². The van der Waals surface area contributed by atoms with E-state index in [4.69, 9.17) is 16.9 Å². The zero-order chi connectivity index (χ0) is 10.0.